The lowest BCUT2D eigenvalue weighted by molar-refractivity contribution is 0.0810. The van der Waals surface area contributed by atoms with Crippen LogP contribution in [0.4, 0.5) is 0 Å². The predicted octanol–water partition coefficient (Wildman–Crippen LogP) is 2.47. The van der Waals surface area contributed by atoms with Crippen LogP contribution in [0.2, 0.25) is 0 Å². The highest BCUT2D eigenvalue weighted by Crippen LogP contribution is 2.24. The minimum atomic E-state index is -0.617. The maximum absolute atomic E-state index is 9.78. The molecule has 0 spiro atoms. The van der Waals surface area contributed by atoms with Crippen molar-refractivity contribution in [2.24, 2.45) is 0 Å². The molecule has 0 saturated carbocycles. The fourth-order valence-corrected chi connectivity index (χ4v) is 2.54. The van der Waals surface area contributed by atoms with Gasteiger partial charge in [0.25, 0.3) is 0 Å². The zero-order valence-electron chi connectivity index (χ0n) is 10.9. The Morgan fingerprint density at radius 2 is 2.00 bits per heavy atom. The molecule has 17 heavy (non-hydrogen) atoms. The lowest BCUT2D eigenvalue weighted by atomic mass is 9.90. The summed E-state index contributed by atoms with van der Waals surface area (Å²) in [6.45, 7) is 5.97. The Balaban J connectivity index is 2.02. The molecule has 94 valence electrons. The van der Waals surface area contributed by atoms with Crippen molar-refractivity contribution >= 4 is 0 Å². The van der Waals surface area contributed by atoms with Crippen molar-refractivity contribution in [2.45, 2.75) is 44.6 Å². The number of hydrogen-bond acceptors (Lipinski definition) is 2. The summed E-state index contributed by atoms with van der Waals surface area (Å²) in [5.74, 6) is 0.667. The Morgan fingerprint density at radius 3 is 2.53 bits per heavy atom. The van der Waals surface area contributed by atoms with Gasteiger partial charge in [-0.15, -0.1) is 0 Å². The van der Waals surface area contributed by atoms with Crippen LogP contribution in [0.1, 0.15) is 43.7 Å². The van der Waals surface area contributed by atoms with Crippen molar-refractivity contribution < 1.29 is 5.11 Å². The molecule has 1 aromatic carbocycles. The van der Waals surface area contributed by atoms with E-state index in [-0.39, 0.29) is 0 Å². The number of nitrogens with one attached hydrogen (secondary N) is 1. The summed E-state index contributed by atoms with van der Waals surface area (Å²) >= 11 is 0. The third-order valence-electron chi connectivity index (χ3n) is 3.38. The van der Waals surface area contributed by atoms with Crippen LogP contribution < -0.4 is 5.32 Å². The smallest absolute Gasteiger partial charge is 0.0631 e. The quantitative estimate of drug-likeness (QED) is 0.840. The van der Waals surface area contributed by atoms with Gasteiger partial charge in [0.05, 0.1) is 5.60 Å². The molecule has 1 atom stereocenters. The second-order valence-corrected chi connectivity index (χ2v) is 5.77. The minimum absolute atomic E-state index is 0.617. The first-order valence-electron chi connectivity index (χ1n) is 6.56. The van der Waals surface area contributed by atoms with Gasteiger partial charge in [0.2, 0.25) is 0 Å². The van der Waals surface area contributed by atoms with Gasteiger partial charge in [-0.3, -0.25) is 0 Å². The Kier molecular flexibility index (Phi) is 3.85. The third kappa shape index (κ3) is 3.83. The molecule has 0 radical (unpaired) electrons. The molecule has 1 aliphatic rings. The fraction of sp³-hybridized carbons (Fsp3) is 0.600. The number of piperidine rings is 1. The summed E-state index contributed by atoms with van der Waals surface area (Å²) in [6, 6.07) is 8.75. The number of hydrogen-bond donors (Lipinski definition) is 2. The molecular formula is C15H23NO. The Hall–Kier alpha value is -0.860. The van der Waals surface area contributed by atoms with E-state index in [0.29, 0.717) is 5.92 Å². The van der Waals surface area contributed by atoms with Gasteiger partial charge in [-0.2, -0.15) is 0 Å². The van der Waals surface area contributed by atoms with Gasteiger partial charge in [-0.05, 0) is 50.3 Å². The Bertz CT molecular complexity index is 344. The maximum atomic E-state index is 9.78. The molecule has 0 bridgehead atoms. The molecule has 0 aromatic heterocycles. The summed E-state index contributed by atoms with van der Waals surface area (Å²) in [5, 5.41) is 13.2. The number of aliphatic hydroxyl groups is 1. The molecule has 1 saturated heterocycles. The highest BCUT2D eigenvalue weighted by atomic mass is 16.3. The van der Waals surface area contributed by atoms with Gasteiger partial charge in [0.15, 0.2) is 0 Å². The lowest BCUT2D eigenvalue weighted by Gasteiger charge is -2.23. The molecule has 2 heteroatoms. The average Bonchev–Trinajstić information content (AvgIpc) is 2.29. The Labute approximate surface area is 104 Å². The topological polar surface area (TPSA) is 32.3 Å². The highest BCUT2D eigenvalue weighted by Gasteiger charge is 2.16. The van der Waals surface area contributed by atoms with Crippen molar-refractivity contribution in [3.05, 3.63) is 35.4 Å². The molecule has 2 N–H and O–H groups in total. The molecule has 1 aromatic rings. The third-order valence-corrected chi connectivity index (χ3v) is 3.38. The van der Waals surface area contributed by atoms with Crippen molar-refractivity contribution in [3.8, 4) is 0 Å². The summed E-state index contributed by atoms with van der Waals surface area (Å²) in [7, 11) is 0. The van der Waals surface area contributed by atoms with Crippen molar-refractivity contribution in [1.29, 1.82) is 0 Å². The minimum Gasteiger partial charge on any atom is -0.390 e. The molecular weight excluding hydrogens is 210 g/mol. The van der Waals surface area contributed by atoms with Crippen LogP contribution in [0.5, 0.6) is 0 Å². The van der Waals surface area contributed by atoms with Crippen LogP contribution in [0, 0.1) is 0 Å². The van der Waals surface area contributed by atoms with Crippen LogP contribution in [-0.2, 0) is 6.42 Å². The predicted molar refractivity (Wildman–Crippen MR) is 71.3 cm³/mol. The van der Waals surface area contributed by atoms with E-state index >= 15 is 0 Å². The van der Waals surface area contributed by atoms with E-state index < -0.39 is 5.60 Å². The molecule has 2 rings (SSSR count). The molecule has 2 nitrogen and oxygen atoms in total. The largest absolute Gasteiger partial charge is 0.390 e. The monoisotopic (exact) mass is 233 g/mol. The number of rotatable bonds is 3. The van der Waals surface area contributed by atoms with Gasteiger partial charge in [-0.25, -0.2) is 0 Å². The van der Waals surface area contributed by atoms with Crippen LogP contribution >= 0.6 is 0 Å². The first kappa shape index (κ1) is 12.6. The normalized spacial score (nSPS) is 21.5. The molecule has 1 aliphatic heterocycles. The summed E-state index contributed by atoms with van der Waals surface area (Å²) in [4.78, 5) is 0. The van der Waals surface area contributed by atoms with E-state index in [9.17, 15) is 5.11 Å². The fourth-order valence-electron chi connectivity index (χ4n) is 2.54. The average molecular weight is 233 g/mol. The van der Waals surface area contributed by atoms with E-state index in [1.807, 2.05) is 13.8 Å². The zero-order valence-corrected chi connectivity index (χ0v) is 10.9. The molecule has 1 fully saturated rings. The molecule has 1 heterocycles. The first-order valence-corrected chi connectivity index (χ1v) is 6.56. The summed E-state index contributed by atoms with van der Waals surface area (Å²) < 4.78 is 0. The van der Waals surface area contributed by atoms with Crippen molar-refractivity contribution in [1.82, 2.24) is 5.32 Å². The van der Waals surface area contributed by atoms with Crippen LogP contribution in [-0.4, -0.2) is 23.8 Å². The van der Waals surface area contributed by atoms with Crippen molar-refractivity contribution in [3.63, 3.8) is 0 Å². The van der Waals surface area contributed by atoms with Crippen LogP contribution in [0.15, 0.2) is 24.3 Å². The number of benzene rings is 1. The van der Waals surface area contributed by atoms with Gasteiger partial charge >= 0.3 is 0 Å². The molecule has 0 amide bonds. The van der Waals surface area contributed by atoms with E-state index in [0.717, 1.165) is 19.5 Å². The van der Waals surface area contributed by atoms with E-state index in [2.05, 4.69) is 29.6 Å². The van der Waals surface area contributed by atoms with Crippen molar-refractivity contribution in [2.75, 3.05) is 13.1 Å². The van der Waals surface area contributed by atoms with Crippen LogP contribution in [0.25, 0.3) is 0 Å². The standard InChI is InChI=1S/C15H23NO/c1-15(2,17)10-12-5-7-13(8-6-12)14-4-3-9-16-11-14/h5-8,14,16-17H,3-4,9-11H2,1-2H3. The summed E-state index contributed by atoms with van der Waals surface area (Å²) in [6.07, 6.45) is 3.28. The lowest BCUT2D eigenvalue weighted by Crippen LogP contribution is -2.28. The zero-order chi connectivity index (χ0) is 12.3. The van der Waals surface area contributed by atoms with E-state index in [1.165, 1.54) is 24.0 Å². The second kappa shape index (κ2) is 5.19. The highest BCUT2D eigenvalue weighted by molar-refractivity contribution is 5.26. The SMILES string of the molecule is CC(C)(O)Cc1ccc(C2CCCNC2)cc1. The van der Waals surface area contributed by atoms with Gasteiger partial charge in [0.1, 0.15) is 0 Å². The first-order chi connectivity index (χ1) is 8.04. The molecule has 0 aliphatic carbocycles. The van der Waals surface area contributed by atoms with E-state index in [4.69, 9.17) is 0 Å². The van der Waals surface area contributed by atoms with Crippen LogP contribution in [0.3, 0.4) is 0 Å². The van der Waals surface area contributed by atoms with Gasteiger partial charge in [-0.1, -0.05) is 24.3 Å². The van der Waals surface area contributed by atoms with E-state index in [1.54, 1.807) is 0 Å². The maximum Gasteiger partial charge on any atom is 0.0631 e. The summed E-state index contributed by atoms with van der Waals surface area (Å²) in [5.41, 5.74) is 2.02. The second-order valence-electron chi connectivity index (χ2n) is 5.77. The Morgan fingerprint density at radius 1 is 1.29 bits per heavy atom. The molecule has 1 unspecified atom stereocenters. The van der Waals surface area contributed by atoms with Gasteiger partial charge in [0, 0.05) is 13.0 Å². The van der Waals surface area contributed by atoms with Gasteiger partial charge < -0.3 is 10.4 Å².